The summed E-state index contributed by atoms with van der Waals surface area (Å²) in [5.41, 5.74) is 1.64. The van der Waals surface area contributed by atoms with E-state index < -0.39 is 0 Å². The van der Waals surface area contributed by atoms with Gasteiger partial charge in [-0.3, -0.25) is 4.79 Å². The minimum absolute atomic E-state index is 0.175. The molecule has 1 N–H and O–H groups in total. The Morgan fingerprint density at radius 3 is 2.61 bits per heavy atom. The maximum Gasteiger partial charge on any atom is 0.244 e. The van der Waals surface area contributed by atoms with Crippen LogP contribution in [0.5, 0.6) is 11.5 Å². The topological polar surface area (TPSA) is 56.8 Å². The largest absolute Gasteiger partial charge is 0.454 e. The summed E-state index contributed by atoms with van der Waals surface area (Å²) in [7, 11) is 0. The van der Waals surface area contributed by atoms with Crippen LogP contribution in [-0.2, 0) is 14.9 Å². The Kier molecular flexibility index (Phi) is 5.30. The summed E-state index contributed by atoms with van der Waals surface area (Å²) in [6, 6.07) is 12.1. The van der Waals surface area contributed by atoms with Gasteiger partial charge in [0.05, 0.1) is 0 Å². The molecule has 2 aromatic carbocycles. The number of halogens is 1. The third kappa shape index (κ3) is 4.02. The summed E-state index contributed by atoms with van der Waals surface area (Å²) in [5.74, 6) is 0.953. The minimum Gasteiger partial charge on any atom is -0.454 e. The van der Waals surface area contributed by atoms with Gasteiger partial charge in [-0.2, -0.15) is 0 Å². The minimum atomic E-state index is -0.262. The maximum atomic E-state index is 13.3. The van der Waals surface area contributed by atoms with Gasteiger partial charge in [0.2, 0.25) is 12.7 Å². The molecular formula is C22H22FNO4. The molecule has 0 bridgehead atoms. The molecule has 0 unspecified atom stereocenters. The zero-order valence-corrected chi connectivity index (χ0v) is 15.4. The number of amides is 1. The molecule has 0 radical (unpaired) electrons. The molecule has 2 aliphatic rings. The van der Waals surface area contributed by atoms with Gasteiger partial charge in [-0.1, -0.05) is 18.2 Å². The second kappa shape index (κ2) is 8.02. The summed E-state index contributed by atoms with van der Waals surface area (Å²) >= 11 is 0. The van der Waals surface area contributed by atoms with Gasteiger partial charge in [0, 0.05) is 31.2 Å². The van der Waals surface area contributed by atoms with Crippen LogP contribution in [0.1, 0.15) is 24.0 Å². The van der Waals surface area contributed by atoms with Crippen molar-refractivity contribution in [1.29, 1.82) is 0 Å². The Labute approximate surface area is 163 Å². The van der Waals surface area contributed by atoms with Crippen LogP contribution in [0.2, 0.25) is 0 Å². The Morgan fingerprint density at radius 2 is 1.82 bits per heavy atom. The van der Waals surface area contributed by atoms with Gasteiger partial charge in [-0.25, -0.2) is 4.39 Å². The van der Waals surface area contributed by atoms with E-state index in [9.17, 15) is 9.18 Å². The molecule has 5 nitrogen and oxygen atoms in total. The van der Waals surface area contributed by atoms with Gasteiger partial charge >= 0.3 is 0 Å². The summed E-state index contributed by atoms with van der Waals surface area (Å²) in [5, 5.41) is 3.00. The van der Waals surface area contributed by atoms with E-state index in [1.165, 1.54) is 18.2 Å². The SMILES string of the molecule is O=C(/C=C/c1ccc2c(c1)OCO2)NCC1(c2ccc(F)cc2)CCOCC1. The number of carbonyl (C=O) groups is 1. The van der Waals surface area contributed by atoms with Crippen LogP contribution in [-0.4, -0.2) is 32.5 Å². The summed E-state index contributed by atoms with van der Waals surface area (Å²) in [6.45, 7) is 1.95. The predicted octanol–water partition coefficient (Wildman–Crippen LogP) is 3.43. The average Bonchev–Trinajstić information content (AvgIpc) is 3.20. The van der Waals surface area contributed by atoms with E-state index in [2.05, 4.69) is 5.32 Å². The normalized spacial score (nSPS) is 17.6. The van der Waals surface area contributed by atoms with E-state index in [0.29, 0.717) is 31.3 Å². The Hall–Kier alpha value is -2.86. The fourth-order valence-corrected chi connectivity index (χ4v) is 3.64. The molecule has 1 fully saturated rings. The second-order valence-electron chi connectivity index (χ2n) is 7.06. The molecule has 0 spiro atoms. The molecule has 0 saturated carbocycles. The molecule has 28 heavy (non-hydrogen) atoms. The van der Waals surface area contributed by atoms with Crippen molar-refractivity contribution in [2.75, 3.05) is 26.6 Å². The fourth-order valence-electron chi connectivity index (χ4n) is 3.64. The van der Waals surface area contributed by atoms with Crippen molar-refractivity contribution in [2.24, 2.45) is 0 Å². The molecule has 2 aliphatic heterocycles. The maximum absolute atomic E-state index is 13.3. The van der Waals surface area contributed by atoms with E-state index in [-0.39, 0.29) is 23.9 Å². The van der Waals surface area contributed by atoms with E-state index in [1.54, 1.807) is 18.2 Å². The number of benzene rings is 2. The van der Waals surface area contributed by atoms with Gasteiger partial charge < -0.3 is 19.5 Å². The van der Waals surface area contributed by atoms with E-state index in [0.717, 1.165) is 24.0 Å². The average molecular weight is 383 g/mol. The Bertz CT molecular complexity index is 873. The lowest BCUT2D eigenvalue weighted by molar-refractivity contribution is -0.116. The van der Waals surface area contributed by atoms with Crippen LogP contribution in [0, 0.1) is 5.82 Å². The van der Waals surface area contributed by atoms with Crippen molar-refractivity contribution in [3.63, 3.8) is 0 Å². The number of hydrogen-bond donors (Lipinski definition) is 1. The van der Waals surface area contributed by atoms with Crippen LogP contribution < -0.4 is 14.8 Å². The lowest BCUT2D eigenvalue weighted by Gasteiger charge is -2.37. The monoisotopic (exact) mass is 383 g/mol. The van der Waals surface area contributed by atoms with E-state index >= 15 is 0 Å². The predicted molar refractivity (Wildman–Crippen MR) is 103 cm³/mol. The highest BCUT2D eigenvalue weighted by atomic mass is 19.1. The molecule has 2 heterocycles. The second-order valence-corrected chi connectivity index (χ2v) is 7.06. The summed E-state index contributed by atoms with van der Waals surface area (Å²) < 4.78 is 29.4. The highest BCUT2D eigenvalue weighted by molar-refractivity contribution is 5.91. The first kappa shape index (κ1) is 18.5. The number of fused-ring (bicyclic) bond motifs is 1. The molecule has 0 aromatic heterocycles. The molecule has 2 aromatic rings. The molecule has 6 heteroatoms. The summed E-state index contributed by atoms with van der Waals surface area (Å²) in [4.78, 5) is 12.4. The first-order valence-electron chi connectivity index (χ1n) is 9.34. The van der Waals surface area contributed by atoms with Gasteiger partial charge in [0.25, 0.3) is 0 Å². The van der Waals surface area contributed by atoms with Crippen LogP contribution >= 0.6 is 0 Å². The molecular weight excluding hydrogens is 361 g/mol. The first-order chi connectivity index (χ1) is 13.6. The number of ether oxygens (including phenoxy) is 3. The van der Waals surface area contributed by atoms with Crippen molar-refractivity contribution in [3.8, 4) is 11.5 Å². The van der Waals surface area contributed by atoms with Crippen molar-refractivity contribution < 1.29 is 23.4 Å². The summed E-state index contributed by atoms with van der Waals surface area (Å²) in [6.07, 6.45) is 4.82. The van der Waals surface area contributed by atoms with Gasteiger partial charge in [0.15, 0.2) is 11.5 Å². The van der Waals surface area contributed by atoms with Crippen molar-refractivity contribution in [1.82, 2.24) is 5.32 Å². The Balaban J connectivity index is 1.42. The number of carbonyl (C=O) groups excluding carboxylic acids is 1. The van der Waals surface area contributed by atoms with Gasteiger partial charge in [-0.15, -0.1) is 0 Å². The van der Waals surface area contributed by atoms with Gasteiger partial charge in [-0.05, 0) is 54.3 Å². The van der Waals surface area contributed by atoms with Crippen LogP contribution in [0.3, 0.4) is 0 Å². The fraction of sp³-hybridized carbons (Fsp3) is 0.318. The van der Waals surface area contributed by atoms with Crippen molar-refractivity contribution in [3.05, 3.63) is 65.5 Å². The zero-order chi connectivity index (χ0) is 19.4. The quantitative estimate of drug-likeness (QED) is 0.804. The standard InChI is InChI=1S/C22H22FNO4/c23-18-5-3-17(4-6-18)22(9-11-26-12-10-22)14-24-21(25)8-2-16-1-7-19-20(13-16)28-15-27-19/h1-8,13H,9-12,14-15H2,(H,24,25)/b8-2+. The van der Waals surface area contributed by atoms with Crippen molar-refractivity contribution in [2.45, 2.75) is 18.3 Å². The molecule has 4 rings (SSSR count). The van der Waals surface area contributed by atoms with Crippen molar-refractivity contribution >= 4 is 12.0 Å². The van der Waals surface area contributed by atoms with Crippen LogP contribution in [0.15, 0.2) is 48.5 Å². The number of hydrogen-bond acceptors (Lipinski definition) is 4. The number of rotatable bonds is 5. The highest BCUT2D eigenvalue weighted by Gasteiger charge is 2.34. The lowest BCUT2D eigenvalue weighted by Crippen LogP contribution is -2.44. The molecule has 1 saturated heterocycles. The number of nitrogens with one attached hydrogen (secondary N) is 1. The van der Waals surface area contributed by atoms with E-state index in [1.807, 2.05) is 18.2 Å². The smallest absolute Gasteiger partial charge is 0.244 e. The van der Waals surface area contributed by atoms with E-state index in [4.69, 9.17) is 14.2 Å². The lowest BCUT2D eigenvalue weighted by atomic mass is 9.74. The zero-order valence-electron chi connectivity index (χ0n) is 15.4. The highest BCUT2D eigenvalue weighted by Crippen LogP contribution is 2.35. The molecule has 0 aliphatic carbocycles. The molecule has 146 valence electrons. The first-order valence-corrected chi connectivity index (χ1v) is 9.34. The van der Waals surface area contributed by atoms with Crippen LogP contribution in [0.4, 0.5) is 4.39 Å². The molecule has 0 atom stereocenters. The Morgan fingerprint density at radius 1 is 1.07 bits per heavy atom. The molecule has 1 amide bonds. The van der Waals surface area contributed by atoms with Crippen LogP contribution in [0.25, 0.3) is 6.08 Å². The third-order valence-electron chi connectivity index (χ3n) is 5.33. The van der Waals surface area contributed by atoms with Gasteiger partial charge in [0.1, 0.15) is 5.82 Å². The third-order valence-corrected chi connectivity index (χ3v) is 5.33.